The van der Waals surface area contributed by atoms with Gasteiger partial charge < -0.3 is 13.6 Å². The molecule has 0 fully saturated rings. The van der Waals surface area contributed by atoms with E-state index in [-0.39, 0.29) is 5.04 Å². The van der Waals surface area contributed by atoms with Gasteiger partial charge in [0, 0.05) is 0 Å². The lowest BCUT2D eigenvalue weighted by Gasteiger charge is -2.38. The first-order valence-electron chi connectivity index (χ1n) is 8.17. The van der Waals surface area contributed by atoms with E-state index in [1.165, 1.54) is 0 Å². The third-order valence-corrected chi connectivity index (χ3v) is 8.77. The zero-order valence-electron chi connectivity index (χ0n) is 15.3. The van der Waals surface area contributed by atoms with Crippen molar-refractivity contribution in [1.82, 2.24) is 0 Å². The van der Waals surface area contributed by atoms with Crippen LogP contribution < -0.4 is 0 Å². The van der Waals surface area contributed by atoms with Gasteiger partial charge in [-0.05, 0) is 36.7 Å². The summed E-state index contributed by atoms with van der Waals surface area (Å²) in [5, 5.41) is 0.0181. The van der Waals surface area contributed by atoms with E-state index in [4.69, 9.17) is 13.6 Å². The Morgan fingerprint density at radius 2 is 2.04 bits per heavy atom. The molecule has 0 aliphatic carbocycles. The van der Waals surface area contributed by atoms with Crippen LogP contribution in [0.15, 0.2) is 35.0 Å². The summed E-state index contributed by atoms with van der Waals surface area (Å²) < 4.78 is 17.1. The van der Waals surface area contributed by atoms with E-state index in [0.717, 1.165) is 12.8 Å². The van der Waals surface area contributed by atoms with Crippen LogP contribution in [-0.2, 0) is 14.0 Å². The van der Waals surface area contributed by atoms with Crippen molar-refractivity contribution in [2.24, 2.45) is 0 Å². The van der Waals surface area contributed by atoms with E-state index in [2.05, 4.69) is 47.4 Å². The molecule has 0 aromatic carbocycles. The number of furan rings is 1. The molecule has 0 amide bonds. The highest BCUT2D eigenvalue weighted by Crippen LogP contribution is 2.41. The smallest absolute Gasteiger partial charge is 0.336 e. The molecule has 0 radical (unpaired) electrons. The molecule has 0 aliphatic heterocycles. The van der Waals surface area contributed by atoms with Gasteiger partial charge in [-0.1, -0.05) is 40.7 Å². The number of carbonyl (C=O) groups is 1. The maximum atomic E-state index is 12.3. The summed E-state index contributed by atoms with van der Waals surface area (Å²) in [6, 6.07) is 3.59. The van der Waals surface area contributed by atoms with Crippen LogP contribution in [0.1, 0.15) is 52.4 Å². The summed E-state index contributed by atoms with van der Waals surface area (Å²) in [5.41, 5.74) is 0.292. The molecule has 1 atom stereocenters. The highest BCUT2D eigenvalue weighted by atomic mass is 28.4. The van der Waals surface area contributed by atoms with E-state index < -0.39 is 20.4 Å². The van der Waals surface area contributed by atoms with Crippen LogP contribution in [0.25, 0.3) is 0 Å². The average molecular weight is 339 g/mol. The van der Waals surface area contributed by atoms with E-state index in [1.54, 1.807) is 12.3 Å². The molecule has 0 saturated heterocycles. The van der Waals surface area contributed by atoms with Gasteiger partial charge in [-0.15, -0.1) is 0 Å². The fraction of sp³-hybridized carbons (Fsp3) is 0.611. The minimum absolute atomic E-state index is 0.0181. The summed E-state index contributed by atoms with van der Waals surface area (Å²) >= 11 is 0. The Labute approximate surface area is 141 Å². The molecular formula is C18H30O4Si. The maximum Gasteiger partial charge on any atom is 0.336 e. The number of ether oxygens (including phenoxy) is 1. The predicted octanol–water partition coefficient (Wildman–Crippen LogP) is 5.24. The Bertz CT molecular complexity index is 512. The zero-order chi connectivity index (χ0) is 17.7. The van der Waals surface area contributed by atoms with Crippen molar-refractivity contribution in [3.05, 3.63) is 36.3 Å². The number of hydrogen-bond acceptors (Lipinski definition) is 4. The van der Waals surface area contributed by atoms with Gasteiger partial charge in [-0.25, -0.2) is 4.79 Å². The number of rotatable bonds is 8. The molecule has 0 N–H and O–H groups in total. The lowest BCUT2D eigenvalue weighted by molar-refractivity contribution is -0.140. The molecule has 1 aromatic rings. The van der Waals surface area contributed by atoms with Crippen molar-refractivity contribution >= 4 is 14.3 Å². The van der Waals surface area contributed by atoms with Crippen molar-refractivity contribution in [2.45, 2.75) is 64.8 Å². The molecular weight excluding hydrogens is 308 g/mol. The van der Waals surface area contributed by atoms with E-state index in [9.17, 15) is 4.79 Å². The molecule has 1 rings (SSSR count). The van der Waals surface area contributed by atoms with Crippen LogP contribution in [0.2, 0.25) is 18.1 Å². The van der Waals surface area contributed by atoms with Gasteiger partial charge in [0.1, 0.15) is 11.9 Å². The highest BCUT2D eigenvalue weighted by Gasteiger charge is 2.41. The minimum atomic E-state index is -2.10. The standard InChI is InChI=1S/C18H30O4Si/c1-8-9-12-21-17(19)14(2)16(15-11-10-13-20-15)22-23(6,7)18(3,4)5/h10-11,13,16H,2,8-9,12H2,1,3-7H3. The molecule has 1 aromatic heterocycles. The fourth-order valence-corrected chi connectivity index (χ4v) is 2.92. The van der Waals surface area contributed by atoms with Crippen molar-refractivity contribution in [1.29, 1.82) is 0 Å². The first-order valence-corrected chi connectivity index (χ1v) is 11.1. The topological polar surface area (TPSA) is 48.7 Å². The Balaban J connectivity index is 2.94. The van der Waals surface area contributed by atoms with Gasteiger partial charge in [0.15, 0.2) is 8.32 Å². The fourth-order valence-electron chi connectivity index (χ4n) is 1.72. The molecule has 0 aliphatic rings. The first kappa shape index (κ1) is 19.7. The van der Waals surface area contributed by atoms with Crippen LogP contribution >= 0.6 is 0 Å². The van der Waals surface area contributed by atoms with Crippen molar-refractivity contribution in [3.8, 4) is 0 Å². The quantitative estimate of drug-likeness (QED) is 0.281. The van der Waals surface area contributed by atoms with Gasteiger partial charge in [0.2, 0.25) is 0 Å². The summed E-state index contributed by atoms with van der Waals surface area (Å²) in [5.74, 6) is 0.172. The SMILES string of the molecule is C=C(C(=O)OCCCC)C(O[Si](C)(C)C(C)(C)C)c1ccco1. The van der Waals surface area contributed by atoms with Crippen LogP contribution in [0.5, 0.6) is 0 Å². The van der Waals surface area contributed by atoms with Gasteiger partial charge in [-0.2, -0.15) is 0 Å². The van der Waals surface area contributed by atoms with Crippen LogP contribution in [0.3, 0.4) is 0 Å². The lowest BCUT2D eigenvalue weighted by atomic mass is 10.1. The summed E-state index contributed by atoms with van der Waals surface area (Å²) in [6.45, 7) is 17.1. The molecule has 4 nitrogen and oxygen atoms in total. The third-order valence-electron chi connectivity index (χ3n) is 4.33. The molecule has 130 valence electrons. The number of carbonyl (C=O) groups excluding carboxylic acids is 1. The van der Waals surface area contributed by atoms with Gasteiger partial charge in [-0.3, -0.25) is 0 Å². The van der Waals surface area contributed by atoms with Crippen LogP contribution in [0.4, 0.5) is 0 Å². The van der Waals surface area contributed by atoms with E-state index in [0.29, 0.717) is 17.9 Å². The van der Waals surface area contributed by atoms with Gasteiger partial charge in [0.25, 0.3) is 0 Å². The van der Waals surface area contributed by atoms with Crippen LogP contribution in [-0.4, -0.2) is 20.9 Å². The normalized spacial score (nSPS) is 13.7. The van der Waals surface area contributed by atoms with Crippen LogP contribution in [0, 0.1) is 0 Å². The highest BCUT2D eigenvalue weighted by molar-refractivity contribution is 6.74. The largest absolute Gasteiger partial charge is 0.466 e. The van der Waals surface area contributed by atoms with Crippen molar-refractivity contribution < 1.29 is 18.4 Å². The molecule has 1 unspecified atom stereocenters. The minimum Gasteiger partial charge on any atom is -0.466 e. The number of unbranched alkanes of at least 4 members (excludes halogenated alkanes) is 1. The Hall–Kier alpha value is -1.33. The second kappa shape index (κ2) is 7.97. The third kappa shape index (κ3) is 5.36. The second-order valence-electron chi connectivity index (χ2n) is 7.29. The summed E-state index contributed by atoms with van der Waals surface area (Å²) in [4.78, 5) is 12.3. The Kier molecular flexibility index (Phi) is 6.83. The average Bonchev–Trinajstić information content (AvgIpc) is 2.97. The summed E-state index contributed by atoms with van der Waals surface area (Å²) in [6.07, 6.45) is 2.79. The molecule has 23 heavy (non-hydrogen) atoms. The number of hydrogen-bond donors (Lipinski definition) is 0. The van der Waals surface area contributed by atoms with Crippen molar-refractivity contribution in [2.75, 3.05) is 6.61 Å². The lowest BCUT2D eigenvalue weighted by Crippen LogP contribution is -2.42. The van der Waals surface area contributed by atoms with Gasteiger partial charge >= 0.3 is 5.97 Å². The zero-order valence-corrected chi connectivity index (χ0v) is 16.3. The molecule has 1 heterocycles. The second-order valence-corrected chi connectivity index (χ2v) is 12.0. The maximum absolute atomic E-state index is 12.3. The molecule has 5 heteroatoms. The monoisotopic (exact) mass is 338 g/mol. The number of esters is 1. The van der Waals surface area contributed by atoms with E-state index >= 15 is 0 Å². The predicted molar refractivity (Wildman–Crippen MR) is 94.7 cm³/mol. The Morgan fingerprint density at radius 1 is 1.39 bits per heavy atom. The molecule has 0 spiro atoms. The molecule has 0 bridgehead atoms. The van der Waals surface area contributed by atoms with E-state index in [1.807, 2.05) is 6.07 Å². The first-order chi connectivity index (χ1) is 10.6. The Morgan fingerprint density at radius 3 is 2.52 bits per heavy atom. The van der Waals surface area contributed by atoms with Gasteiger partial charge in [0.05, 0.1) is 18.4 Å². The summed E-state index contributed by atoms with van der Waals surface area (Å²) in [7, 11) is -2.10. The molecule has 0 saturated carbocycles. The van der Waals surface area contributed by atoms with Crippen molar-refractivity contribution in [3.63, 3.8) is 0 Å².